The smallest absolute Gasteiger partial charge is 0.354 e. The van der Waals surface area contributed by atoms with E-state index >= 15 is 0 Å². The zero-order chi connectivity index (χ0) is 16.7. The standard InChI is InChI=1S/C18H14BrNO4/c1-22-18(21)15-6-11-4-2-3-5-14(11)20(15)9-12-7-16-17(8-13(12)19)24-10-23-16/h2-8H,9-10H2,1H3. The van der Waals surface area contributed by atoms with Crippen LogP contribution < -0.4 is 9.47 Å². The van der Waals surface area contributed by atoms with E-state index in [0.29, 0.717) is 18.0 Å². The number of carbonyl (C=O) groups is 1. The van der Waals surface area contributed by atoms with E-state index in [2.05, 4.69) is 15.9 Å². The summed E-state index contributed by atoms with van der Waals surface area (Å²) in [6.45, 7) is 0.736. The predicted molar refractivity (Wildman–Crippen MR) is 92.6 cm³/mol. The molecule has 0 aliphatic carbocycles. The van der Waals surface area contributed by atoms with E-state index in [4.69, 9.17) is 14.2 Å². The highest BCUT2D eigenvalue weighted by Crippen LogP contribution is 2.37. The van der Waals surface area contributed by atoms with Crippen molar-refractivity contribution in [3.8, 4) is 11.5 Å². The topological polar surface area (TPSA) is 49.7 Å². The summed E-state index contributed by atoms with van der Waals surface area (Å²) in [6.07, 6.45) is 0. The van der Waals surface area contributed by atoms with Gasteiger partial charge >= 0.3 is 5.97 Å². The second-order valence-electron chi connectivity index (χ2n) is 5.46. The summed E-state index contributed by atoms with van der Waals surface area (Å²) in [4.78, 5) is 12.2. The van der Waals surface area contributed by atoms with Gasteiger partial charge in [-0.15, -0.1) is 0 Å². The molecule has 5 nitrogen and oxygen atoms in total. The highest BCUT2D eigenvalue weighted by atomic mass is 79.9. The van der Waals surface area contributed by atoms with Crippen LogP contribution in [-0.4, -0.2) is 24.4 Å². The van der Waals surface area contributed by atoms with Crippen LogP contribution in [0, 0.1) is 0 Å². The Labute approximate surface area is 146 Å². The first kappa shape index (κ1) is 15.1. The van der Waals surface area contributed by atoms with Gasteiger partial charge in [-0.2, -0.15) is 0 Å². The molecule has 2 heterocycles. The molecule has 0 saturated heterocycles. The Morgan fingerprint density at radius 3 is 2.75 bits per heavy atom. The van der Waals surface area contributed by atoms with Crippen molar-refractivity contribution in [3.63, 3.8) is 0 Å². The quantitative estimate of drug-likeness (QED) is 0.638. The van der Waals surface area contributed by atoms with Gasteiger partial charge in [0.05, 0.1) is 7.11 Å². The number of nitrogens with zero attached hydrogens (tertiary/aromatic N) is 1. The molecule has 0 atom stereocenters. The maximum Gasteiger partial charge on any atom is 0.354 e. The zero-order valence-electron chi connectivity index (χ0n) is 12.9. The van der Waals surface area contributed by atoms with Crippen molar-refractivity contribution >= 4 is 32.8 Å². The van der Waals surface area contributed by atoms with Crippen LogP contribution in [0.5, 0.6) is 11.5 Å². The normalized spacial score (nSPS) is 12.6. The Balaban J connectivity index is 1.83. The molecule has 0 saturated carbocycles. The third-order valence-corrected chi connectivity index (χ3v) is 4.81. The summed E-state index contributed by atoms with van der Waals surface area (Å²) < 4.78 is 18.6. The van der Waals surface area contributed by atoms with Crippen molar-refractivity contribution in [1.29, 1.82) is 0 Å². The van der Waals surface area contributed by atoms with E-state index in [0.717, 1.165) is 26.7 Å². The predicted octanol–water partition coefficient (Wildman–Crippen LogP) is 3.97. The summed E-state index contributed by atoms with van der Waals surface area (Å²) in [6, 6.07) is 13.5. The highest BCUT2D eigenvalue weighted by Gasteiger charge is 2.20. The number of methoxy groups -OCH3 is 1. The van der Waals surface area contributed by atoms with Gasteiger partial charge in [-0.05, 0) is 29.8 Å². The van der Waals surface area contributed by atoms with E-state index < -0.39 is 0 Å². The average molecular weight is 388 g/mol. The molecule has 1 aromatic heterocycles. The fraction of sp³-hybridized carbons (Fsp3) is 0.167. The number of fused-ring (bicyclic) bond motifs is 2. The van der Waals surface area contributed by atoms with Crippen LogP contribution in [0.4, 0.5) is 0 Å². The summed E-state index contributed by atoms with van der Waals surface area (Å²) >= 11 is 3.57. The monoisotopic (exact) mass is 387 g/mol. The molecule has 1 aliphatic heterocycles. The number of benzene rings is 2. The largest absolute Gasteiger partial charge is 0.464 e. The highest BCUT2D eigenvalue weighted by molar-refractivity contribution is 9.10. The van der Waals surface area contributed by atoms with Crippen molar-refractivity contribution in [2.45, 2.75) is 6.54 Å². The first-order valence-electron chi connectivity index (χ1n) is 7.42. The van der Waals surface area contributed by atoms with E-state index in [9.17, 15) is 4.79 Å². The second kappa shape index (κ2) is 5.87. The van der Waals surface area contributed by atoms with Gasteiger partial charge in [0.25, 0.3) is 0 Å². The van der Waals surface area contributed by atoms with Crippen LogP contribution in [0.25, 0.3) is 10.9 Å². The minimum Gasteiger partial charge on any atom is -0.464 e. The third-order valence-electron chi connectivity index (χ3n) is 4.08. The molecule has 0 spiro atoms. The molecule has 122 valence electrons. The molecule has 2 aromatic carbocycles. The SMILES string of the molecule is COC(=O)c1cc2ccccc2n1Cc1cc2c(cc1Br)OCO2. The Morgan fingerprint density at radius 2 is 1.96 bits per heavy atom. The minimum atomic E-state index is -0.358. The van der Waals surface area contributed by atoms with Crippen LogP contribution in [0.3, 0.4) is 0 Å². The zero-order valence-corrected chi connectivity index (χ0v) is 14.5. The van der Waals surface area contributed by atoms with Crippen LogP contribution >= 0.6 is 15.9 Å². The van der Waals surface area contributed by atoms with Crippen molar-refractivity contribution in [2.24, 2.45) is 0 Å². The molecular formula is C18H14BrNO4. The maximum absolute atomic E-state index is 12.2. The number of para-hydroxylation sites is 1. The third kappa shape index (κ3) is 2.43. The number of ether oxygens (including phenoxy) is 3. The molecule has 3 aromatic rings. The molecule has 4 rings (SSSR count). The van der Waals surface area contributed by atoms with Gasteiger partial charge in [0.15, 0.2) is 11.5 Å². The number of rotatable bonds is 3. The molecule has 0 N–H and O–H groups in total. The molecule has 0 radical (unpaired) electrons. The first-order valence-corrected chi connectivity index (χ1v) is 8.21. The molecule has 6 heteroatoms. The Kier molecular flexibility index (Phi) is 3.69. The molecule has 0 amide bonds. The summed E-state index contributed by atoms with van der Waals surface area (Å²) in [5.74, 6) is 1.07. The minimum absolute atomic E-state index is 0.227. The van der Waals surface area contributed by atoms with Gasteiger partial charge in [0.2, 0.25) is 6.79 Å². The number of aromatic nitrogens is 1. The van der Waals surface area contributed by atoms with E-state index in [-0.39, 0.29) is 12.8 Å². The van der Waals surface area contributed by atoms with Crippen LogP contribution in [0.1, 0.15) is 16.1 Å². The van der Waals surface area contributed by atoms with Crippen LogP contribution in [0.15, 0.2) is 46.9 Å². The van der Waals surface area contributed by atoms with Gasteiger partial charge in [-0.3, -0.25) is 0 Å². The Morgan fingerprint density at radius 1 is 1.21 bits per heavy atom. The van der Waals surface area contributed by atoms with Gasteiger partial charge in [-0.1, -0.05) is 34.1 Å². The number of hydrogen-bond donors (Lipinski definition) is 0. The summed E-state index contributed by atoms with van der Waals surface area (Å²) in [7, 11) is 1.39. The molecule has 0 bridgehead atoms. The van der Waals surface area contributed by atoms with Gasteiger partial charge in [-0.25, -0.2) is 4.79 Å². The second-order valence-corrected chi connectivity index (χ2v) is 6.32. The molecule has 0 unspecified atom stereocenters. The van der Waals surface area contributed by atoms with Crippen molar-refractivity contribution < 1.29 is 19.0 Å². The van der Waals surface area contributed by atoms with E-state index in [1.165, 1.54) is 7.11 Å². The Bertz CT molecular complexity index is 948. The van der Waals surface area contributed by atoms with Crippen LogP contribution in [-0.2, 0) is 11.3 Å². The van der Waals surface area contributed by atoms with E-state index in [1.54, 1.807) is 0 Å². The lowest BCUT2D eigenvalue weighted by molar-refractivity contribution is 0.0589. The maximum atomic E-state index is 12.2. The Hall–Kier alpha value is -2.47. The molecular weight excluding hydrogens is 374 g/mol. The molecule has 0 fully saturated rings. The van der Waals surface area contributed by atoms with Gasteiger partial charge in [0, 0.05) is 21.9 Å². The molecule has 24 heavy (non-hydrogen) atoms. The average Bonchev–Trinajstić information content (AvgIpc) is 3.19. The number of hydrogen-bond acceptors (Lipinski definition) is 4. The van der Waals surface area contributed by atoms with Crippen molar-refractivity contribution in [1.82, 2.24) is 4.57 Å². The van der Waals surface area contributed by atoms with Crippen molar-refractivity contribution in [3.05, 3.63) is 58.2 Å². The number of esters is 1. The first-order chi connectivity index (χ1) is 11.7. The fourth-order valence-electron chi connectivity index (χ4n) is 2.91. The van der Waals surface area contributed by atoms with E-state index in [1.807, 2.05) is 47.0 Å². The van der Waals surface area contributed by atoms with Gasteiger partial charge < -0.3 is 18.8 Å². The fourth-order valence-corrected chi connectivity index (χ4v) is 3.35. The summed E-state index contributed by atoms with van der Waals surface area (Å²) in [5.41, 5.74) is 2.48. The van der Waals surface area contributed by atoms with Gasteiger partial charge in [0.1, 0.15) is 5.69 Å². The lowest BCUT2D eigenvalue weighted by Gasteiger charge is -2.12. The lowest BCUT2D eigenvalue weighted by atomic mass is 10.2. The number of carbonyl (C=O) groups excluding carboxylic acids is 1. The lowest BCUT2D eigenvalue weighted by Crippen LogP contribution is -2.11. The van der Waals surface area contributed by atoms with Crippen LogP contribution in [0.2, 0.25) is 0 Å². The summed E-state index contributed by atoms with van der Waals surface area (Å²) in [5, 5.41) is 0.995. The van der Waals surface area contributed by atoms with Crippen molar-refractivity contribution in [2.75, 3.05) is 13.9 Å². The number of halogens is 1. The molecule has 1 aliphatic rings.